The van der Waals surface area contributed by atoms with Gasteiger partial charge in [0, 0.05) is 36.3 Å². The highest BCUT2D eigenvalue weighted by Crippen LogP contribution is 2.33. The molecule has 0 spiro atoms. The van der Waals surface area contributed by atoms with Crippen LogP contribution in [-0.4, -0.2) is 44.4 Å². The molecule has 2 aromatic carbocycles. The molecule has 3 heterocycles. The Morgan fingerprint density at radius 1 is 1.09 bits per heavy atom. The highest BCUT2D eigenvalue weighted by atomic mass is 16.5. The van der Waals surface area contributed by atoms with E-state index in [2.05, 4.69) is 16.9 Å². The number of aryl methyl sites for hydroxylation is 1. The lowest BCUT2D eigenvalue weighted by Crippen LogP contribution is -2.47. The van der Waals surface area contributed by atoms with Crippen molar-refractivity contribution in [3.63, 3.8) is 0 Å². The Hall–Kier alpha value is -4.51. The van der Waals surface area contributed by atoms with Crippen LogP contribution in [0.1, 0.15) is 34.5 Å². The number of amides is 2. The van der Waals surface area contributed by atoms with Gasteiger partial charge in [-0.2, -0.15) is 0 Å². The second kappa shape index (κ2) is 8.45. The summed E-state index contributed by atoms with van der Waals surface area (Å²) in [5.41, 5.74) is 9.95. The molecule has 3 N–H and O–H groups in total. The Morgan fingerprint density at radius 2 is 1.74 bits per heavy atom. The first kappa shape index (κ1) is 21.3. The first-order chi connectivity index (χ1) is 16.4. The Kier molecular flexibility index (Phi) is 5.30. The van der Waals surface area contributed by atoms with Gasteiger partial charge in [0.2, 0.25) is 0 Å². The van der Waals surface area contributed by atoms with Crippen LogP contribution in [0, 0.1) is 18.8 Å². The predicted molar refractivity (Wildman–Crippen MR) is 128 cm³/mol. The molecule has 34 heavy (non-hydrogen) atoms. The molecule has 0 unspecified atom stereocenters. The van der Waals surface area contributed by atoms with Crippen LogP contribution in [-0.2, 0) is 4.79 Å². The van der Waals surface area contributed by atoms with Crippen LogP contribution >= 0.6 is 0 Å². The lowest BCUT2D eigenvalue weighted by Gasteiger charge is -2.37. The highest BCUT2D eigenvalue weighted by molar-refractivity contribution is 5.99. The van der Waals surface area contributed by atoms with E-state index < -0.39 is 5.91 Å². The quantitative estimate of drug-likeness (QED) is 0.451. The molecule has 4 aromatic rings. The summed E-state index contributed by atoms with van der Waals surface area (Å²) in [6.45, 7) is 4.78. The zero-order valence-corrected chi connectivity index (χ0v) is 18.8. The lowest BCUT2D eigenvalue weighted by molar-refractivity contribution is -0.129. The molecule has 8 heteroatoms. The van der Waals surface area contributed by atoms with Crippen molar-refractivity contribution < 1.29 is 14.3 Å². The normalized spacial score (nSPS) is 13.3. The summed E-state index contributed by atoms with van der Waals surface area (Å²) in [4.78, 5) is 30.7. The highest BCUT2D eigenvalue weighted by Gasteiger charge is 2.34. The molecule has 2 amide bonds. The Labute approximate surface area is 196 Å². The van der Waals surface area contributed by atoms with E-state index in [1.54, 1.807) is 16.3 Å². The maximum Gasteiger partial charge on any atom is 0.298 e. The van der Waals surface area contributed by atoms with Crippen molar-refractivity contribution in [2.45, 2.75) is 19.8 Å². The average Bonchev–Trinajstić information content (AvgIpc) is 3.35. The van der Waals surface area contributed by atoms with Crippen LogP contribution in [0.2, 0.25) is 0 Å². The van der Waals surface area contributed by atoms with Gasteiger partial charge in [-0.3, -0.25) is 14.7 Å². The van der Waals surface area contributed by atoms with Crippen LogP contribution in [0.25, 0.3) is 16.9 Å². The predicted octanol–water partition coefficient (Wildman–Crippen LogP) is 3.48. The molecule has 1 aliphatic rings. The fraction of sp³-hybridized carbons (Fsp3) is 0.192. The van der Waals surface area contributed by atoms with E-state index in [0.717, 1.165) is 22.4 Å². The number of carbonyl (C=O) groups excluding carboxylic acids is 2. The number of hydrogen-bond donors (Lipinski definition) is 2. The lowest BCUT2D eigenvalue weighted by atomic mass is 9.93. The van der Waals surface area contributed by atoms with Gasteiger partial charge in [-0.05, 0) is 56.2 Å². The van der Waals surface area contributed by atoms with Gasteiger partial charge in [0.25, 0.3) is 11.8 Å². The van der Waals surface area contributed by atoms with Gasteiger partial charge in [0.1, 0.15) is 17.2 Å². The largest absolute Gasteiger partial charge is 0.457 e. The minimum Gasteiger partial charge on any atom is -0.457 e. The number of aromatic amines is 1. The number of aromatic nitrogens is 3. The van der Waals surface area contributed by atoms with Crippen LogP contribution < -0.4 is 10.5 Å². The zero-order valence-electron chi connectivity index (χ0n) is 18.8. The van der Waals surface area contributed by atoms with E-state index in [1.165, 1.54) is 0 Å². The van der Waals surface area contributed by atoms with Gasteiger partial charge in [-0.25, -0.2) is 9.50 Å². The number of hydrogen-bond acceptors (Lipinski definition) is 4. The molecular weight excluding hydrogens is 430 g/mol. The molecule has 0 aliphatic carbocycles. The number of rotatable bonds is 5. The van der Waals surface area contributed by atoms with Crippen LogP contribution in [0.4, 0.5) is 0 Å². The van der Waals surface area contributed by atoms with Crippen molar-refractivity contribution in [3.05, 3.63) is 71.5 Å². The molecule has 1 saturated heterocycles. The van der Waals surface area contributed by atoms with E-state index in [4.69, 9.17) is 15.5 Å². The topological polar surface area (TPSA) is 106 Å². The van der Waals surface area contributed by atoms with Crippen molar-refractivity contribution in [2.75, 3.05) is 13.1 Å². The second-order valence-corrected chi connectivity index (χ2v) is 8.28. The van der Waals surface area contributed by atoms with Crippen molar-refractivity contribution in [1.82, 2.24) is 19.5 Å². The van der Waals surface area contributed by atoms with E-state index in [0.29, 0.717) is 30.2 Å². The number of ether oxygens (including phenoxy) is 1. The number of fused-ring (bicyclic) bond motifs is 1. The van der Waals surface area contributed by atoms with Gasteiger partial charge in [-0.15, -0.1) is 0 Å². The van der Waals surface area contributed by atoms with Crippen molar-refractivity contribution >= 4 is 17.5 Å². The number of primary amides is 1. The Balaban J connectivity index is 1.42. The number of imidazole rings is 1. The SMILES string of the molecule is CC#CC(=O)N1CC(c2c[nH]n3c(C(N)=O)c(-c4ccc(Oc5ccc(C)cc5)cc4)nc23)C1. The number of likely N-dealkylation sites (tertiary alicyclic amines) is 1. The fourth-order valence-corrected chi connectivity index (χ4v) is 4.12. The van der Waals surface area contributed by atoms with Crippen molar-refractivity contribution in [1.29, 1.82) is 0 Å². The van der Waals surface area contributed by atoms with Crippen molar-refractivity contribution in [2.24, 2.45) is 5.73 Å². The number of H-pyrrole nitrogens is 1. The van der Waals surface area contributed by atoms with Crippen LogP contribution in [0.3, 0.4) is 0 Å². The summed E-state index contributed by atoms with van der Waals surface area (Å²) in [5.74, 6) is 5.96. The zero-order chi connectivity index (χ0) is 23.8. The molecule has 0 radical (unpaired) electrons. The third kappa shape index (κ3) is 3.77. The average molecular weight is 454 g/mol. The standard InChI is InChI=1S/C26H23N5O3/c1-3-4-22(32)30-14-18(15-30)21-13-28-31-24(25(27)33)23(29-26(21)31)17-7-11-20(12-8-17)34-19-9-5-16(2)6-10-19/h5-13,18,28H,14-15H2,1-2H3,(H2,27,33). The molecule has 0 atom stereocenters. The van der Waals surface area contributed by atoms with E-state index >= 15 is 0 Å². The molecule has 5 rings (SSSR count). The van der Waals surface area contributed by atoms with Crippen LogP contribution in [0.15, 0.2) is 54.7 Å². The van der Waals surface area contributed by atoms with E-state index in [1.807, 2.05) is 61.7 Å². The fourth-order valence-electron chi connectivity index (χ4n) is 4.12. The summed E-state index contributed by atoms with van der Waals surface area (Å²) in [5, 5.41) is 3.09. The van der Waals surface area contributed by atoms with Gasteiger partial charge in [0.15, 0.2) is 11.3 Å². The summed E-state index contributed by atoms with van der Waals surface area (Å²) in [7, 11) is 0. The van der Waals surface area contributed by atoms with E-state index in [-0.39, 0.29) is 17.5 Å². The molecule has 0 bridgehead atoms. The molecule has 8 nitrogen and oxygen atoms in total. The molecule has 0 saturated carbocycles. The second-order valence-electron chi connectivity index (χ2n) is 8.28. The Morgan fingerprint density at radius 3 is 2.35 bits per heavy atom. The molecule has 1 fully saturated rings. The maximum atomic E-state index is 12.3. The summed E-state index contributed by atoms with van der Waals surface area (Å²) in [6, 6.07) is 15.2. The molecule has 1 aliphatic heterocycles. The maximum absolute atomic E-state index is 12.3. The third-order valence-electron chi connectivity index (χ3n) is 5.94. The summed E-state index contributed by atoms with van der Waals surface area (Å²) < 4.78 is 7.51. The first-order valence-corrected chi connectivity index (χ1v) is 10.9. The van der Waals surface area contributed by atoms with Crippen molar-refractivity contribution in [3.8, 4) is 34.6 Å². The summed E-state index contributed by atoms with van der Waals surface area (Å²) in [6.07, 6.45) is 1.81. The number of nitrogens with zero attached hydrogens (tertiary/aromatic N) is 3. The smallest absolute Gasteiger partial charge is 0.298 e. The van der Waals surface area contributed by atoms with Gasteiger partial charge < -0.3 is 15.4 Å². The minimum atomic E-state index is -0.584. The Bertz CT molecular complexity index is 1450. The molecule has 170 valence electrons. The third-order valence-corrected chi connectivity index (χ3v) is 5.94. The van der Waals surface area contributed by atoms with Gasteiger partial charge in [0.05, 0.1) is 0 Å². The number of carbonyl (C=O) groups is 2. The van der Waals surface area contributed by atoms with Crippen LogP contribution in [0.5, 0.6) is 11.5 Å². The first-order valence-electron chi connectivity index (χ1n) is 10.9. The summed E-state index contributed by atoms with van der Waals surface area (Å²) >= 11 is 0. The van der Waals surface area contributed by atoms with Gasteiger partial charge in [-0.1, -0.05) is 23.6 Å². The van der Waals surface area contributed by atoms with E-state index in [9.17, 15) is 9.59 Å². The number of benzene rings is 2. The monoisotopic (exact) mass is 453 g/mol. The number of nitrogens with two attached hydrogens (primary N) is 1. The molecular formula is C26H23N5O3. The minimum absolute atomic E-state index is 0.109. The molecule has 2 aromatic heterocycles. The number of nitrogens with one attached hydrogen (secondary N) is 1. The van der Waals surface area contributed by atoms with Gasteiger partial charge >= 0.3 is 0 Å².